The van der Waals surface area contributed by atoms with Crippen molar-refractivity contribution in [1.82, 2.24) is 20.6 Å². The molecule has 2 unspecified atom stereocenters. The van der Waals surface area contributed by atoms with Gasteiger partial charge >= 0.3 is 6.09 Å². The SMILES string of the molecule is CC(C)CN1CCC(C#N)(NC(=O)C(CC(C)(C)C)NC(=O)ON2CCOCC2)C1. The highest BCUT2D eigenvalue weighted by molar-refractivity contribution is 5.86. The van der Waals surface area contributed by atoms with E-state index in [1.165, 1.54) is 5.06 Å². The van der Waals surface area contributed by atoms with Crippen LogP contribution in [-0.4, -0.2) is 79.5 Å². The molecule has 2 rings (SSSR count). The molecular weight excluding hydrogens is 386 g/mol. The van der Waals surface area contributed by atoms with Crippen LogP contribution in [0.25, 0.3) is 0 Å². The number of nitriles is 1. The molecule has 2 amide bonds. The first kappa shape index (κ1) is 24.4. The van der Waals surface area contributed by atoms with Crippen LogP contribution in [0.2, 0.25) is 0 Å². The normalized spacial score (nSPS) is 24.3. The third kappa shape index (κ3) is 7.74. The molecule has 2 atom stereocenters. The molecule has 0 aliphatic carbocycles. The minimum atomic E-state index is -0.933. The molecule has 0 aromatic rings. The van der Waals surface area contributed by atoms with E-state index < -0.39 is 17.7 Å². The molecule has 30 heavy (non-hydrogen) atoms. The predicted octanol–water partition coefficient (Wildman–Crippen LogP) is 1.50. The summed E-state index contributed by atoms with van der Waals surface area (Å²) in [6, 6.07) is 1.52. The number of morpholine rings is 1. The van der Waals surface area contributed by atoms with Crippen molar-refractivity contribution < 1.29 is 19.2 Å². The molecule has 2 N–H and O–H groups in total. The summed E-state index contributed by atoms with van der Waals surface area (Å²) in [5.41, 5.74) is -1.13. The number of hydroxylamine groups is 2. The highest BCUT2D eigenvalue weighted by Gasteiger charge is 2.41. The van der Waals surface area contributed by atoms with E-state index in [1.54, 1.807) is 0 Å². The maximum Gasteiger partial charge on any atom is 0.426 e. The van der Waals surface area contributed by atoms with Crippen molar-refractivity contribution in [2.45, 2.75) is 59.0 Å². The minimum Gasteiger partial charge on any atom is -0.379 e. The summed E-state index contributed by atoms with van der Waals surface area (Å²) in [7, 11) is 0. The Bertz CT molecular complexity index is 636. The second-order valence-electron chi connectivity index (χ2n) is 9.94. The number of hydrogen-bond donors (Lipinski definition) is 2. The molecule has 170 valence electrons. The largest absolute Gasteiger partial charge is 0.426 e. The van der Waals surface area contributed by atoms with Crippen LogP contribution in [0, 0.1) is 22.7 Å². The molecule has 2 aliphatic heterocycles. The molecule has 2 heterocycles. The fourth-order valence-electron chi connectivity index (χ4n) is 3.85. The third-order valence-corrected chi connectivity index (χ3v) is 5.16. The summed E-state index contributed by atoms with van der Waals surface area (Å²) in [5.74, 6) is 0.136. The number of amides is 2. The summed E-state index contributed by atoms with van der Waals surface area (Å²) < 4.78 is 5.24. The Morgan fingerprint density at radius 3 is 2.47 bits per heavy atom. The second-order valence-corrected chi connectivity index (χ2v) is 9.94. The Morgan fingerprint density at radius 1 is 1.23 bits per heavy atom. The van der Waals surface area contributed by atoms with Crippen LogP contribution in [0.1, 0.15) is 47.5 Å². The van der Waals surface area contributed by atoms with Gasteiger partial charge in [0.2, 0.25) is 5.91 Å². The molecule has 0 bridgehead atoms. The van der Waals surface area contributed by atoms with E-state index in [2.05, 4.69) is 35.5 Å². The van der Waals surface area contributed by atoms with Gasteiger partial charge in [0.05, 0.1) is 32.4 Å². The van der Waals surface area contributed by atoms with Gasteiger partial charge in [-0.05, 0) is 24.2 Å². The molecular formula is C21H37N5O4. The zero-order valence-electron chi connectivity index (χ0n) is 19.0. The van der Waals surface area contributed by atoms with Crippen LogP contribution in [0.5, 0.6) is 0 Å². The zero-order chi connectivity index (χ0) is 22.4. The highest BCUT2D eigenvalue weighted by atomic mass is 16.7. The first-order chi connectivity index (χ1) is 14.0. The fraction of sp³-hybridized carbons (Fsp3) is 0.857. The molecule has 0 saturated carbocycles. The highest BCUT2D eigenvalue weighted by Crippen LogP contribution is 2.24. The average molecular weight is 424 g/mol. The van der Waals surface area contributed by atoms with Crippen molar-refractivity contribution in [1.29, 1.82) is 5.26 Å². The summed E-state index contributed by atoms with van der Waals surface area (Å²) in [6.07, 6.45) is 0.330. The van der Waals surface area contributed by atoms with E-state index in [0.29, 0.717) is 51.6 Å². The lowest BCUT2D eigenvalue weighted by atomic mass is 9.87. The molecule has 2 fully saturated rings. The van der Waals surface area contributed by atoms with Gasteiger partial charge < -0.3 is 20.2 Å². The Hall–Kier alpha value is -1.89. The monoisotopic (exact) mass is 423 g/mol. The van der Waals surface area contributed by atoms with E-state index in [1.807, 2.05) is 20.8 Å². The molecule has 9 nitrogen and oxygen atoms in total. The third-order valence-electron chi connectivity index (χ3n) is 5.16. The first-order valence-corrected chi connectivity index (χ1v) is 10.8. The van der Waals surface area contributed by atoms with Crippen LogP contribution >= 0.6 is 0 Å². The number of nitrogens with zero attached hydrogens (tertiary/aromatic N) is 3. The first-order valence-electron chi connectivity index (χ1n) is 10.8. The van der Waals surface area contributed by atoms with Crippen LogP contribution in [0.3, 0.4) is 0 Å². The van der Waals surface area contributed by atoms with Gasteiger partial charge in [-0.3, -0.25) is 9.69 Å². The van der Waals surface area contributed by atoms with Crippen molar-refractivity contribution >= 4 is 12.0 Å². The smallest absolute Gasteiger partial charge is 0.379 e. The van der Waals surface area contributed by atoms with Gasteiger partial charge in [0.1, 0.15) is 11.6 Å². The number of hydrogen-bond acceptors (Lipinski definition) is 7. The van der Waals surface area contributed by atoms with Gasteiger partial charge in [0.25, 0.3) is 0 Å². The standard InChI is InChI=1S/C21H37N5O4/c1-16(2)13-25-7-6-21(14-22,15-25)24-18(27)17(12-20(3,4)5)23-19(28)30-26-8-10-29-11-9-26/h16-17H,6-13,15H2,1-5H3,(H,23,28)(H,24,27). The Kier molecular flexibility index (Phi) is 8.47. The van der Waals surface area contributed by atoms with Crippen molar-refractivity contribution in [2.24, 2.45) is 11.3 Å². The van der Waals surface area contributed by atoms with Gasteiger partial charge in [0.15, 0.2) is 0 Å². The molecule has 2 saturated heterocycles. The second kappa shape index (κ2) is 10.4. The number of carbonyl (C=O) groups is 2. The van der Waals surface area contributed by atoms with Crippen LogP contribution in [0.4, 0.5) is 4.79 Å². The van der Waals surface area contributed by atoms with E-state index in [-0.39, 0.29) is 11.3 Å². The number of rotatable bonds is 7. The molecule has 0 spiro atoms. The Morgan fingerprint density at radius 2 is 1.90 bits per heavy atom. The van der Waals surface area contributed by atoms with Gasteiger partial charge in [-0.2, -0.15) is 5.26 Å². The van der Waals surface area contributed by atoms with Crippen molar-refractivity contribution in [3.05, 3.63) is 0 Å². The summed E-state index contributed by atoms with van der Waals surface area (Å²) in [6.45, 7) is 14.4. The molecule has 2 aliphatic rings. The van der Waals surface area contributed by atoms with Gasteiger partial charge in [0, 0.05) is 19.6 Å². The van der Waals surface area contributed by atoms with Crippen molar-refractivity contribution in [2.75, 3.05) is 45.9 Å². The van der Waals surface area contributed by atoms with Crippen LogP contribution in [-0.2, 0) is 14.4 Å². The predicted molar refractivity (Wildman–Crippen MR) is 112 cm³/mol. The number of likely N-dealkylation sites (tertiary alicyclic amines) is 1. The maximum absolute atomic E-state index is 13.1. The lowest BCUT2D eigenvalue weighted by Crippen LogP contribution is -2.57. The number of carbonyl (C=O) groups excluding carboxylic acids is 2. The van der Waals surface area contributed by atoms with Gasteiger partial charge in [-0.1, -0.05) is 34.6 Å². The van der Waals surface area contributed by atoms with Crippen LogP contribution in [0.15, 0.2) is 0 Å². The molecule has 0 radical (unpaired) electrons. The van der Waals surface area contributed by atoms with E-state index in [0.717, 1.165) is 13.1 Å². The molecule has 0 aromatic carbocycles. The van der Waals surface area contributed by atoms with E-state index in [4.69, 9.17) is 9.57 Å². The maximum atomic E-state index is 13.1. The Labute approximate surface area is 180 Å². The van der Waals surface area contributed by atoms with Gasteiger partial charge in [-0.15, -0.1) is 5.06 Å². The van der Waals surface area contributed by atoms with Gasteiger partial charge in [-0.25, -0.2) is 4.79 Å². The Balaban J connectivity index is 2.01. The van der Waals surface area contributed by atoms with Crippen molar-refractivity contribution in [3.63, 3.8) is 0 Å². The summed E-state index contributed by atoms with van der Waals surface area (Å²) >= 11 is 0. The quantitative estimate of drug-likeness (QED) is 0.639. The van der Waals surface area contributed by atoms with E-state index >= 15 is 0 Å². The topological polar surface area (TPSA) is 107 Å². The number of nitrogens with one attached hydrogen (secondary N) is 2. The zero-order valence-corrected chi connectivity index (χ0v) is 19.0. The minimum absolute atomic E-state index is 0.201. The van der Waals surface area contributed by atoms with Crippen LogP contribution < -0.4 is 10.6 Å². The van der Waals surface area contributed by atoms with Crippen molar-refractivity contribution in [3.8, 4) is 6.07 Å². The lowest BCUT2D eigenvalue weighted by molar-refractivity contribution is -0.147. The summed E-state index contributed by atoms with van der Waals surface area (Å²) in [4.78, 5) is 33.0. The lowest BCUT2D eigenvalue weighted by Gasteiger charge is -2.31. The number of ether oxygens (including phenoxy) is 1. The molecule has 9 heteroatoms. The summed E-state index contributed by atoms with van der Waals surface area (Å²) in [5, 5.41) is 17.0. The molecule has 0 aromatic heterocycles. The average Bonchev–Trinajstić information content (AvgIpc) is 3.03. The van der Waals surface area contributed by atoms with E-state index in [9.17, 15) is 14.9 Å². The fourth-order valence-corrected chi connectivity index (χ4v) is 3.85.